The predicted molar refractivity (Wildman–Crippen MR) is 119 cm³/mol. The smallest absolute Gasteiger partial charge is 0.337 e. The first-order chi connectivity index (χ1) is 15.5. The fourth-order valence-corrected chi connectivity index (χ4v) is 4.32. The van der Waals surface area contributed by atoms with Crippen molar-refractivity contribution < 1.29 is 9.13 Å². The molecule has 1 unspecified atom stereocenters. The van der Waals surface area contributed by atoms with Crippen molar-refractivity contribution in [2.24, 2.45) is 0 Å². The largest absolute Gasteiger partial charge is 0.376 e. The molecule has 1 saturated heterocycles. The first kappa shape index (κ1) is 20.7. The average molecular weight is 455 g/mol. The third kappa shape index (κ3) is 3.76. The Bertz CT molecular complexity index is 1400. The maximum Gasteiger partial charge on any atom is 0.337 e. The number of halogens is 2. The van der Waals surface area contributed by atoms with Crippen LogP contribution in [0.5, 0.6) is 0 Å². The van der Waals surface area contributed by atoms with Gasteiger partial charge < -0.3 is 9.30 Å². The maximum atomic E-state index is 13.5. The Kier molecular flexibility index (Phi) is 5.40. The van der Waals surface area contributed by atoms with Gasteiger partial charge in [-0.3, -0.25) is 9.36 Å². The minimum atomic E-state index is -0.530. The average Bonchev–Trinajstić information content (AvgIpc) is 3.43. The van der Waals surface area contributed by atoms with Gasteiger partial charge in [0.1, 0.15) is 5.82 Å². The molecule has 1 aliphatic heterocycles. The second-order valence-corrected chi connectivity index (χ2v) is 8.26. The zero-order chi connectivity index (χ0) is 22.2. The number of nitrogens with zero attached hydrogens (tertiary/aromatic N) is 4. The van der Waals surface area contributed by atoms with E-state index in [2.05, 4.69) is 4.98 Å². The SMILES string of the molecule is O=c1c2c(ncn2Cc2cccc(Cl)c2)n(-c2ccc(F)cc2)c(=O)n1CC1CCCO1. The molecule has 3 heterocycles. The van der Waals surface area contributed by atoms with E-state index in [-0.39, 0.29) is 23.8 Å². The number of rotatable bonds is 5. The molecule has 1 aliphatic rings. The number of hydrogen-bond donors (Lipinski definition) is 0. The molecule has 9 heteroatoms. The molecule has 4 aromatic rings. The van der Waals surface area contributed by atoms with E-state index in [0.29, 0.717) is 23.9 Å². The molecule has 5 rings (SSSR count). The highest BCUT2D eigenvalue weighted by Crippen LogP contribution is 2.18. The standard InChI is InChI=1S/C23H20ClFN4O3/c24-16-4-1-3-15(11-16)12-27-14-26-21-20(27)22(30)28(13-19-5-2-10-32-19)23(31)29(21)18-8-6-17(25)7-9-18/h1,3-4,6-9,11,14,19H,2,5,10,12-13H2. The van der Waals surface area contributed by atoms with Crippen LogP contribution in [0, 0.1) is 5.82 Å². The number of fused-ring (bicyclic) bond motifs is 1. The maximum absolute atomic E-state index is 13.5. The lowest BCUT2D eigenvalue weighted by molar-refractivity contribution is 0.0950. The van der Waals surface area contributed by atoms with Crippen LogP contribution in [0.2, 0.25) is 5.02 Å². The highest BCUT2D eigenvalue weighted by molar-refractivity contribution is 6.30. The van der Waals surface area contributed by atoms with E-state index in [1.807, 2.05) is 18.2 Å². The van der Waals surface area contributed by atoms with Crippen LogP contribution in [-0.4, -0.2) is 31.4 Å². The van der Waals surface area contributed by atoms with Crippen molar-refractivity contribution in [2.75, 3.05) is 6.61 Å². The van der Waals surface area contributed by atoms with Gasteiger partial charge in [0.05, 0.1) is 24.7 Å². The fraction of sp³-hybridized carbons (Fsp3) is 0.261. The summed E-state index contributed by atoms with van der Waals surface area (Å²) < 4.78 is 23.4. The highest BCUT2D eigenvalue weighted by atomic mass is 35.5. The Labute approximate surface area is 187 Å². The van der Waals surface area contributed by atoms with Crippen molar-refractivity contribution in [1.29, 1.82) is 0 Å². The van der Waals surface area contributed by atoms with Gasteiger partial charge >= 0.3 is 5.69 Å². The molecule has 0 amide bonds. The summed E-state index contributed by atoms with van der Waals surface area (Å²) in [4.78, 5) is 31.2. The van der Waals surface area contributed by atoms with Crippen LogP contribution in [0.4, 0.5) is 4.39 Å². The summed E-state index contributed by atoms with van der Waals surface area (Å²) in [5.41, 5.74) is 0.858. The summed E-state index contributed by atoms with van der Waals surface area (Å²) in [6.45, 7) is 1.12. The monoisotopic (exact) mass is 454 g/mol. The molecule has 1 fully saturated rings. The summed E-state index contributed by atoms with van der Waals surface area (Å²) in [5.74, 6) is -0.419. The number of benzene rings is 2. The third-order valence-corrected chi connectivity index (χ3v) is 5.87. The van der Waals surface area contributed by atoms with Gasteiger partial charge in [-0.2, -0.15) is 0 Å². The molecule has 0 saturated carbocycles. The van der Waals surface area contributed by atoms with E-state index in [4.69, 9.17) is 16.3 Å². The Hall–Kier alpha value is -3.23. The molecule has 164 valence electrons. The van der Waals surface area contributed by atoms with E-state index in [1.54, 1.807) is 10.6 Å². The lowest BCUT2D eigenvalue weighted by atomic mass is 10.2. The van der Waals surface area contributed by atoms with Gasteiger partial charge in [-0.15, -0.1) is 0 Å². The van der Waals surface area contributed by atoms with Gasteiger partial charge in [0, 0.05) is 18.2 Å². The summed E-state index contributed by atoms with van der Waals surface area (Å²) in [7, 11) is 0. The van der Waals surface area contributed by atoms with Crippen LogP contribution >= 0.6 is 11.6 Å². The Morgan fingerprint density at radius 3 is 2.69 bits per heavy atom. The second-order valence-electron chi connectivity index (χ2n) is 7.82. The van der Waals surface area contributed by atoms with Gasteiger partial charge in [-0.1, -0.05) is 23.7 Å². The van der Waals surface area contributed by atoms with Gasteiger partial charge in [0.2, 0.25) is 0 Å². The van der Waals surface area contributed by atoms with E-state index >= 15 is 0 Å². The van der Waals surface area contributed by atoms with Crippen molar-refractivity contribution in [2.45, 2.75) is 32.0 Å². The molecular weight excluding hydrogens is 435 g/mol. The quantitative estimate of drug-likeness (QED) is 0.463. The van der Waals surface area contributed by atoms with E-state index in [0.717, 1.165) is 18.4 Å². The van der Waals surface area contributed by atoms with Crippen molar-refractivity contribution >= 4 is 22.8 Å². The molecule has 0 spiro atoms. The zero-order valence-electron chi connectivity index (χ0n) is 17.1. The molecule has 1 atom stereocenters. The second kappa shape index (κ2) is 8.37. The van der Waals surface area contributed by atoms with Crippen LogP contribution in [0.25, 0.3) is 16.9 Å². The fourth-order valence-electron chi connectivity index (χ4n) is 4.11. The number of hydrogen-bond acceptors (Lipinski definition) is 4. The van der Waals surface area contributed by atoms with Crippen molar-refractivity contribution in [3.8, 4) is 5.69 Å². The van der Waals surface area contributed by atoms with Crippen molar-refractivity contribution in [3.63, 3.8) is 0 Å². The summed E-state index contributed by atoms with van der Waals surface area (Å²) in [5, 5.41) is 0.589. The molecule has 2 aromatic heterocycles. The van der Waals surface area contributed by atoms with Gasteiger partial charge in [-0.05, 0) is 54.8 Å². The summed E-state index contributed by atoms with van der Waals surface area (Å²) in [6, 6.07) is 12.9. The van der Waals surface area contributed by atoms with Crippen LogP contribution in [0.15, 0.2) is 64.4 Å². The Morgan fingerprint density at radius 2 is 1.97 bits per heavy atom. The third-order valence-electron chi connectivity index (χ3n) is 5.64. The first-order valence-electron chi connectivity index (χ1n) is 10.3. The number of imidazole rings is 1. The van der Waals surface area contributed by atoms with Crippen LogP contribution in [0.1, 0.15) is 18.4 Å². The van der Waals surface area contributed by atoms with Crippen LogP contribution in [-0.2, 0) is 17.8 Å². The summed E-state index contributed by atoms with van der Waals surface area (Å²) >= 11 is 6.11. The number of aromatic nitrogens is 4. The summed E-state index contributed by atoms with van der Waals surface area (Å²) in [6.07, 6.45) is 3.00. The molecular formula is C23H20ClFN4O3. The lowest BCUT2D eigenvalue weighted by Gasteiger charge is -2.15. The molecule has 7 nitrogen and oxygen atoms in total. The molecule has 0 radical (unpaired) electrons. The predicted octanol–water partition coefficient (Wildman–Crippen LogP) is 3.37. The van der Waals surface area contributed by atoms with Crippen LogP contribution < -0.4 is 11.2 Å². The van der Waals surface area contributed by atoms with Gasteiger partial charge in [-0.25, -0.2) is 18.7 Å². The molecule has 0 bridgehead atoms. The normalized spacial score (nSPS) is 16.1. The minimum Gasteiger partial charge on any atom is -0.376 e. The molecule has 32 heavy (non-hydrogen) atoms. The van der Waals surface area contributed by atoms with E-state index in [1.165, 1.54) is 39.7 Å². The zero-order valence-corrected chi connectivity index (χ0v) is 17.8. The Morgan fingerprint density at radius 1 is 1.16 bits per heavy atom. The lowest BCUT2D eigenvalue weighted by Crippen LogP contribution is -2.42. The van der Waals surface area contributed by atoms with Crippen molar-refractivity contribution in [3.05, 3.63) is 92.1 Å². The van der Waals surface area contributed by atoms with Crippen molar-refractivity contribution in [1.82, 2.24) is 18.7 Å². The highest BCUT2D eigenvalue weighted by Gasteiger charge is 2.23. The van der Waals surface area contributed by atoms with E-state index < -0.39 is 17.1 Å². The van der Waals surface area contributed by atoms with Gasteiger partial charge in [0.15, 0.2) is 11.2 Å². The molecule has 2 aromatic carbocycles. The molecule has 0 N–H and O–H groups in total. The Balaban J connectivity index is 1.72. The van der Waals surface area contributed by atoms with Crippen LogP contribution in [0.3, 0.4) is 0 Å². The minimum absolute atomic E-state index is 0.150. The molecule has 0 aliphatic carbocycles. The first-order valence-corrected chi connectivity index (χ1v) is 10.7. The van der Waals surface area contributed by atoms with Gasteiger partial charge in [0.25, 0.3) is 5.56 Å². The van der Waals surface area contributed by atoms with E-state index in [9.17, 15) is 14.0 Å². The topological polar surface area (TPSA) is 71.0 Å². The number of ether oxygens (including phenoxy) is 1.